The number of piperidine rings is 1. The molecule has 1 aliphatic rings. The SMILES string of the molecule is CC(N)(CN1CCC(C(C)(C)C)CC1)C(=O)O. The zero-order chi connectivity index (χ0) is 13.3. The molecular formula is C13H26N2O2. The van der Waals surface area contributed by atoms with Crippen LogP contribution in [0.4, 0.5) is 0 Å². The number of nitrogens with zero attached hydrogens (tertiary/aromatic N) is 1. The van der Waals surface area contributed by atoms with E-state index in [-0.39, 0.29) is 0 Å². The molecule has 4 heteroatoms. The van der Waals surface area contributed by atoms with Crippen molar-refractivity contribution in [2.24, 2.45) is 17.1 Å². The lowest BCUT2D eigenvalue weighted by atomic mass is 9.75. The van der Waals surface area contributed by atoms with E-state index in [1.807, 2.05) is 0 Å². The van der Waals surface area contributed by atoms with Crippen LogP contribution in [-0.2, 0) is 4.79 Å². The van der Waals surface area contributed by atoms with Crippen LogP contribution in [-0.4, -0.2) is 41.1 Å². The summed E-state index contributed by atoms with van der Waals surface area (Å²) in [6.07, 6.45) is 2.28. The predicted molar refractivity (Wildman–Crippen MR) is 68.8 cm³/mol. The fourth-order valence-corrected chi connectivity index (χ4v) is 2.49. The molecule has 17 heavy (non-hydrogen) atoms. The Morgan fingerprint density at radius 1 is 1.29 bits per heavy atom. The van der Waals surface area contributed by atoms with Crippen molar-refractivity contribution in [1.29, 1.82) is 0 Å². The summed E-state index contributed by atoms with van der Waals surface area (Å²) in [6, 6.07) is 0. The molecule has 0 saturated carbocycles. The van der Waals surface area contributed by atoms with Crippen molar-refractivity contribution in [2.45, 2.75) is 46.1 Å². The summed E-state index contributed by atoms with van der Waals surface area (Å²) >= 11 is 0. The fraction of sp³-hybridized carbons (Fsp3) is 0.923. The molecule has 0 amide bonds. The zero-order valence-electron chi connectivity index (χ0n) is 11.5. The summed E-state index contributed by atoms with van der Waals surface area (Å²) in [7, 11) is 0. The normalized spacial score (nSPS) is 23.4. The van der Waals surface area contributed by atoms with Crippen LogP contribution in [0.2, 0.25) is 0 Å². The second kappa shape index (κ2) is 4.94. The molecule has 0 bridgehead atoms. The third-order valence-corrected chi connectivity index (χ3v) is 3.85. The second-order valence-electron chi connectivity index (χ2n) is 6.64. The fourth-order valence-electron chi connectivity index (χ4n) is 2.49. The molecule has 0 spiro atoms. The minimum absolute atomic E-state index is 0.352. The van der Waals surface area contributed by atoms with Crippen LogP contribution in [0.3, 0.4) is 0 Å². The highest BCUT2D eigenvalue weighted by Gasteiger charge is 2.34. The van der Waals surface area contributed by atoms with Gasteiger partial charge in [-0.05, 0) is 44.2 Å². The molecule has 1 fully saturated rings. The average Bonchev–Trinajstić information content (AvgIpc) is 2.16. The molecule has 0 aliphatic carbocycles. The number of carbonyl (C=O) groups is 1. The molecule has 1 aliphatic heterocycles. The molecule has 100 valence electrons. The van der Waals surface area contributed by atoms with Gasteiger partial charge in [0.05, 0.1) is 0 Å². The van der Waals surface area contributed by atoms with Crippen molar-refractivity contribution in [1.82, 2.24) is 4.90 Å². The first-order valence-electron chi connectivity index (χ1n) is 6.37. The first-order chi connectivity index (χ1) is 7.63. The molecule has 1 unspecified atom stereocenters. The van der Waals surface area contributed by atoms with Crippen LogP contribution in [0.5, 0.6) is 0 Å². The number of hydrogen-bond acceptors (Lipinski definition) is 3. The minimum atomic E-state index is -1.13. The monoisotopic (exact) mass is 242 g/mol. The highest BCUT2D eigenvalue weighted by molar-refractivity contribution is 5.78. The van der Waals surface area contributed by atoms with Gasteiger partial charge in [-0.1, -0.05) is 20.8 Å². The Kier molecular flexibility index (Phi) is 4.20. The first kappa shape index (κ1) is 14.5. The van der Waals surface area contributed by atoms with Crippen molar-refractivity contribution in [3.05, 3.63) is 0 Å². The molecular weight excluding hydrogens is 216 g/mol. The number of carboxylic acid groups (broad SMARTS) is 1. The lowest BCUT2D eigenvalue weighted by Gasteiger charge is -2.40. The van der Waals surface area contributed by atoms with E-state index < -0.39 is 11.5 Å². The summed E-state index contributed by atoms with van der Waals surface area (Å²) in [6.45, 7) is 10.8. The van der Waals surface area contributed by atoms with Crippen LogP contribution in [0, 0.1) is 11.3 Å². The van der Waals surface area contributed by atoms with Crippen LogP contribution >= 0.6 is 0 Å². The van der Waals surface area contributed by atoms with Gasteiger partial charge in [0.1, 0.15) is 5.54 Å². The average molecular weight is 242 g/mol. The van der Waals surface area contributed by atoms with Gasteiger partial charge in [0.2, 0.25) is 0 Å². The number of aliphatic carboxylic acids is 1. The van der Waals surface area contributed by atoms with Crippen LogP contribution in [0.25, 0.3) is 0 Å². The first-order valence-corrected chi connectivity index (χ1v) is 6.37. The maximum absolute atomic E-state index is 11.0. The van der Waals surface area contributed by atoms with Gasteiger partial charge in [-0.15, -0.1) is 0 Å². The quantitative estimate of drug-likeness (QED) is 0.788. The van der Waals surface area contributed by atoms with Gasteiger partial charge in [0, 0.05) is 6.54 Å². The van der Waals surface area contributed by atoms with Gasteiger partial charge < -0.3 is 15.7 Å². The van der Waals surface area contributed by atoms with Gasteiger partial charge in [-0.3, -0.25) is 4.79 Å². The Morgan fingerprint density at radius 3 is 2.12 bits per heavy atom. The summed E-state index contributed by atoms with van der Waals surface area (Å²) in [5.74, 6) is -0.192. The molecule has 1 atom stereocenters. The molecule has 1 heterocycles. The molecule has 1 saturated heterocycles. The van der Waals surface area contributed by atoms with Gasteiger partial charge in [-0.25, -0.2) is 0 Å². The largest absolute Gasteiger partial charge is 0.480 e. The number of nitrogens with two attached hydrogens (primary N) is 1. The molecule has 0 aromatic carbocycles. The van der Waals surface area contributed by atoms with E-state index >= 15 is 0 Å². The Labute approximate surface area is 104 Å². The van der Waals surface area contributed by atoms with Crippen molar-refractivity contribution in [3.8, 4) is 0 Å². The Bertz CT molecular complexity index is 274. The number of likely N-dealkylation sites (tertiary alicyclic amines) is 1. The number of hydrogen-bond donors (Lipinski definition) is 2. The van der Waals surface area contributed by atoms with E-state index in [1.54, 1.807) is 6.92 Å². The predicted octanol–water partition coefficient (Wildman–Crippen LogP) is 1.55. The smallest absolute Gasteiger partial charge is 0.324 e. The zero-order valence-corrected chi connectivity index (χ0v) is 11.5. The van der Waals surface area contributed by atoms with Crippen molar-refractivity contribution in [2.75, 3.05) is 19.6 Å². The molecule has 0 aromatic rings. The summed E-state index contributed by atoms with van der Waals surface area (Å²) in [5.41, 5.74) is 4.99. The van der Waals surface area contributed by atoms with Crippen LogP contribution in [0.15, 0.2) is 0 Å². The van der Waals surface area contributed by atoms with Crippen molar-refractivity contribution >= 4 is 5.97 Å². The maximum Gasteiger partial charge on any atom is 0.324 e. The van der Waals surface area contributed by atoms with Crippen LogP contribution < -0.4 is 5.73 Å². The molecule has 4 nitrogen and oxygen atoms in total. The number of carboxylic acids is 1. The van der Waals surface area contributed by atoms with Crippen LogP contribution in [0.1, 0.15) is 40.5 Å². The van der Waals surface area contributed by atoms with Gasteiger partial charge in [0.25, 0.3) is 0 Å². The Balaban J connectivity index is 2.46. The molecule has 3 N–H and O–H groups in total. The Morgan fingerprint density at radius 2 is 1.76 bits per heavy atom. The van der Waals surface area contributed by atoms with Crippen molar-refractivity contribution in [3.63, 3.8) is 0 Å². The molecule has 0 aromatic heterocycles. The van der Waals surface area contributed by atoms with Gasteiger partial charge in [0.15, 0.2) is 0 Å². The third kappa shape index (κ3) is 3.96. The summed E-state index contributed by atoms with van der Waals surface area (Å²) in [5, 5.41) is 9.00. The second-order valence-corrected chi connectivity index (χ2v) is 6.64. The number of rotatable bonds is 3. The summed E-state index contributed by atoms with van der Waals surface area (Å²) < 4.78 is 0. The standard InChI is InChI=1S/C13H26N2O2/c1-12(2,3)10-5-7-15(8-6-10)9-13(4,14)11(16)17/h10H,5-9,14H2,1-4H3,(H,16,17). The topological polar surface area (TPSA) is 66.6 Å². The van der Waals surface area contributed by atoms with E-state index in [1.165, 1.54) is 0 Å². The lowest BCUT2D eigenvalue weighted by Crippen LogP contribution is -2.55. The van der Waals surface area contributed by atoms with E-state index in [0.29, 0.717) is 12.0 Å². The third-order valence-electron chi connectivity index (χ3n) is 3.85. The molecule has 0 radical (unpaired) electrons. The minimum Gasteiger partial charge on any atom is -0.480 e. The van der Waals surface area contributed by atoms with Gasteiger partial charge in [-0.2, -0.15) is 0 Å². The van der Waals surface area contributed by atoms with Crippen molar-refractivity contribution < 1.29 is 9.90 Å². The van der Waals surface area contributed by atoms with Gasteiger partial charge >= 0.3 is 5.97 Å². The highest BCUT2D eigenvalue weighted by atomic mass is 16.4. The van der Waals surface area contributed by atoms with E-state index in [9.17, 15) is 4.79 Å². The van der Waals surface area contributed by atoms with E-state index in [0.717, 1.165) is 31.8 Å². The van der Waals surface area contributed by atoms with E-state index in [4.69, 9.17) is 10.8 Å². The Hall–Kier alpha value is -0.610. The molecule has 1 rings (SSSR count). The summed E-state index contributed by atoms with van der Waals surface area (Å²) in [4.78, 5) is 13.1. The highest BCUT2D eigenvalue weighted by Crippen LogP contribution is 2.34. The lowest BCUT2D eigenvalue weighted by molar-refractivity contribution is -0.143. The van der Waals surface area contributed by atoms with E-state index in [2.05, 4.69) is 25.7 Å². The maximum atomic E-state index is 11.0.